The second-order valence-corrected chi connectivity index (χ2v) is 5.50. The number of nitrogens with one attached hydrogen (secondary N) is 1. The average Bonchev–Trinajstić information content (AvgIpc) is 2.87. The molecule has 0 unspecified atom stereocenters. The standard InChI is InChI=1S/C15H20ClN3O/c1-11(2)9-17-10-12-6-7-19(18-12)15-8-13(20-3)4-5-14(15)16/h4-8,11,17H,9-10H2,1-3H3. The molecule has 0 atom stereocenters. The van der Waals surface area contributed by atoms with Crippen molar-refractivity contribution in [3.63, 3.8) is 0 Å². The van der Waals surface area contributed by atoms with Gasteiger partial charge in [0.1, 0.15) is 5.75 Å². The van der Waals surface area contributed by atoms with E-state index in [1.54, 1.807) is 11.8 Å². The van der Waals surface area contributed by atoms with Gasteiger partial charge in [-0.25, -0.2) is 4.68 Å². The molecule has 0 amide bonds. The number of methoxy groups -OCH3 is 1. The van der Waals surface area contributed by atoms with Gasteiger partial charge in [0.15, 0.2) is 0 Å². The molecule has 0 aliphatic carbocycles. The predicted molar refractivity (Wildman–Crippen MR) is 81.7 cm³/mol. The van der Waals surface area contributed by atoms with Crippen molar-refractivity contribution in [3.8, 4) is 11.4 Å². The molecule has 1 aromatic heterocycles. The first kappa shape index (κ1) is 14.9. The molecule has 2 aromatic rings. The van der Waals surface area contributed by atoms with Crippen molar-refractivity contribution in [3.05, 3.63) is 41.2 Å². The number of hydrogen-bond donors (Lipinski definition) is 1. The topological polar surface area (TPSA) is 39.1 Å². The quantitative estimate of drug-likeness (QED) is 0.888. The average molecular weight is 294 g/mol. The molecular weight excluding hydrogens is 274 g/mol. The molecule has 0 spiro atoms. The van der Waals surface area contributed by atoms with Crippen LogP contribution in [-0.4, -0.2) is 23.4 Å². The summed E-state index contributed by atoms with van der Waals surface area (Å²) in [5.74, 6) is 1.39. The SMILES string of the molecule is COc1ccc(Cl)c(-n2ccc(CNCC(C)C)n2)c1. The molecule has 0 fully saturated rings. The maximum atomic E-state index is 6.21. The van der Waals surface area contributed by atoms with Crippen LogP contribution in [0.2, 0.25) is 5.02 Å². The van der Waals surface area contributed by atoms with Crippen molar-refractivity contribution in [2.75, 3.05) is 13.7 Å². The fourth-order valence-corrected chi connectivity index (χ4v) is 2.08. The van der Waals surface area contributed by atoms with Gasteiger partial charge in [0, 0.05) is 18.8 Å². The van der Waals surface area contributed by atoms with Crippen LogP contribution < -0.4 is 10.1 Å². The molecule has 0 saturated heterocycles. The zero-order valence-corrected chi connectivity index (χ0v) is 12.8. The first-order valence-electron chi connectivity index (χ1n) is 6.69. The zero-order chi connectivity index (χ0) is 14.5. The Balaban J connectivity index is 2.12. The Morgan fingerprint density at radius 3 is 2.85 bits per heavy atom. The Hall–Kier alpha value is -1.52. The second kappa shape index (κ2) is 6.77. The molecule has 0 aliphatic rings. The monoisotopic (exact) mass is 293 g/mol. The Morgan fingerprint density at radius 2 is 2.15 bits per heavy atom. The Labute approximate surface area is 124 Å². The van der Waals surface area contributed by atoms with Gasteiger partial charge >= 0.3 is 0 Å². The van der Waals surface area contributed by atoms with Gasteiger partial charge in [-0.3, -0.25) is 0 Å². The van der Waals surface area contributed by atoms with Gasteiger partial charge in [0.25, 0.3) is 0 Å². The van der Waals surface area contributed by atoms with E-state index in [9.17, 15) is 0 Å². The predicted octanol–water partition coefficient (Wildman–Crippen LogP) is 3.28. The molecule has 0 bridgehead atoms. The summed E-state index contributed by atoms with van der Waals surface area (Å²) >= 11 is 6.21. The number of ether oxygens (including phenoxy) is 1. The van der Waals surface area contributed by atoms with Crippen molar-refractivity contribution in [1.29, 1.82) is 0 Å². The van der Waals surface area contributed by atoms with Crippen LogP contribution in [0.3, 0.4) is 0 Å². The molecule has 0 radical (unpaired) electrons. The van der Waals surface area contributed by atoms with E-state index >= 15 is 0 Å². The van der Waals surface area contributed by atoms with Gasteiger partial charge in [-0.05, 0) is 30.7 Å². The lowest BCUT2D eigenvalue weighted by Crippen LogP contribution is -2.19. The molecule has 5 heteroatoms. The minimum Gasteiger partial charge on any atom is -0.497 e. The van der Waals surface area contributed by atoms with Gasteiger partial charge in [-0.2, -0.15) is 5.10 Å². The smallest absolute Gasteiger partial charge is 0.121 e. The van der Waals surface area contributed by atoms with E-state index in [0.29, 0.717) is 10.9 Å². The molecule has 2 rings (SSSR count). The first-order valence-corrected chi connectivity index (χ1v) is 7.07. The molecule has 0 saturated carbocycles. The van der Waals surface area contributed by atoms with E-state index in [1.807, 2.05) is 30.5 Å². The van der Waals surface area contributed by atoms with Gasteiger partial charge < -0.3 is 10.1 Å². The summed E-state index contributed by atoms with van der Waals surface area (Å²) in [5.41, 5.74) is 1.81. The van der Waals surface area contributed by atoms with E-state index < -0.39 is 0 Å². The molecule has 4 nitrogen and oxygen atoms in total. The lowest BCUT2D eigenvalue weighted by Gasteiger charge is -2.07. The lowest BCUT2D eigenvalue weighted by molar-refractivity contribution is 0.414. The third-order valence-corrected chi connectivity index (χ3v) is 3.22. The second-order valence-electron chi connectivity index (χ2n) is 5.09. The summed E-state index contributed by atoms with van der Waals surface area (Å²) in [6, 6.07) is 7.51. The van der Waals surface area contributed by atoms with Crippen LogP contribution in [0.15, 0.2) is 30.5 Å². The fourth-order valence-electron chi connectivity index (χ4n) is 1.87. The van der Waals surface area contributed by atoms with Crippen molar-refractivity contribution in [2.24, 2.45) is 5.92 Å². The van der Waals surface area contributed by atoms with E-state index in [1.165, 1.54) is 0 Å². The maximum Gasteiger partial charge on any atom is 0.121 e. The van der Waals surface area contributed by atoms with Crippen LogP contribution in [-0.2, 0) is 6.54 Å². The highest BCUT2D eigenvalue weighted by molar-refractivity contribution is 6.32. The van der Waals surface area contributed by atoms with Crippen molar-refractivity contribution in [1.82, 2.24) is 15.1 Å². The summed E-state index contributed by atoms with van der Waals surface area (Å²) in [5, 5.41) is 8.55. The number of nitrogens with zero attached hydrogens (tertiary/aromatic N) is 2. The minimum absolute atomic E-state index is 0.630. The van der Waals surface area contributed by atoms with Crippen LogP contribution in [0.1, 0.15) is 19.5 Å². The van der Waals surface area contributed by atoms with Crippen LogP contribution in [0, 0.1) is 5.92 Å². The Kier molecular flexibility index (Phi) is 5.04. The third-order valence-electron chi connectivity index (χ3n) is 2.90. The van der Waals surface area contributed by atoms with Crippen LogP contribution >= 0.6 is 11.6 Å². The summed E-state index contributed by atoms with van der Waals surface area (Å²) in [4.78, 5) is 0. The highest BCUT2D eigenvalue weighted by Gasteiger charge is 2.07. The molecule has 0 aliphatic heterocycles. The summed E-state index contributed by atoms with van der Waals surface area (Å²) in [7, 11) is 1.64. The van der Waals surface area contributed by atoms with E-state index in [4.69, 9.17) is 16.3 Å². The zero-order valence-electron chi connectivity index (χ0n) is 12.1. The van der Waals surface area contributed by atoms with Crippen LogP contribution in [0.4, 0.5) is 0 Å². The maximum absolute atomic E-state index is 6.21. The Morgan fingerprint density at radius 1 is 1.35 bits per heavy atom. The normalized spacial score (nSPS) is 11.1. The molecule has 1 N–H and O–H groups in total. The lowest BCUT2D eigenvalue weighted by atomic mass is 10.2. The van der Waals surface area contributed by atoms with Crippen molar-refractivity contribution in [2.45, 2.75) is 20.4 Å². The van der Waals surface area contributed by atoms with Crippen LogP contribution in [0.5, 0.6) is 5.75 Å². The molecular formula is C15H20ClN3O. The highest BCUT2D eigenvalue weighted by Crippen LogP contribution is 2.25. The van der Waals surface area contributed by atoms with Crippen LogP contribution in [0.25, 0.3) is 5.69 Å². The van der Waals surface area contributed by atoms with Gasteiger partial charge in [0.05, 0.1) is 23.5 Å². The van der Waals surface area contributed by atoms with Crippen molar-refractivity contribution >= 4 is 11.6 Å². The number of aromatic nitrogens is 2. The van der Waals surface area contributed by atoms with Gasteiger partial charge in [0.2, 0.25) is 0 Å². The number of rotatable bonds is 6. The largest absolute Gasteiger partial charge is 0.497 e. The van der Waals surface area contributed by atoms with E-state index in [2.05, 4.69) is 24.3 Å². The molecule has 108 valence electrons. The Bertz CT molecular complexity index is 566. The fraction of sp³-hybridized carbons (Fsp3) is 0.400. The van der Waals surface area contributed by atoms with Crippen molar-refractivity contribution < 1.29 is 4.74 Å². The molecule has 20 heavy (non-hydrogen) atoms. The van der Waals surface area contributed by atoms with E-state index in [-0.39, 0.29) is 0 Å². The number of benzene rings is 1. The number of halogens is 1. The van der Waals surface area contributed by atoms with E-state index in [0.717, 1.165) is 30.2 Å². The number of hydrogen-bond acceptors (Lipinski definition) is 3. The highest BCUT2D eigenvalue weighted by atomic mass is 35.5. The summed E-state index contributed by atoms with van der Waals surface area (Å²) in [6.07, 6.45) is 1.91. The molecule has 1 heterocycles. The summed E-state index contributed by atoms with van der Waals surface area (Å²) in [6.45, 7) is 6.10. The third kappa shape index (κ3) is 3.74. The first-order chi connectivity index (χ1) is 9.60. The minimum atomic E-state index is 0.630. The summed E-state index contributed by atoms with van der Waals surface area (Å²) < 4.78 is 6.99. The van der Waals surface area contributed by atoms with Gasteiger partial charge in [-0.15, -0.1) is 0 Å². The van der Waals surface area contributed by atoms with Gasteiger partial charge in [-0.1, -0.05) is 25.4 Å². The molecule has 1 aromatic carbocycles.